The monoisotopic (exact) mass is 465 g/mol. The molecule has 0 radical (unpaired) electrons. The minimum Gasteiger partial charge on any atom is -0.439 e. The van der Waals surface area contributed by atoms with Crippen LogP contribution >= 0.6 is 0 Å². The average molecular weight is 465 g/mol. The van der Waals surface area contributed by atoms with Crippen molar-refractivity contribution in [3.63, 3.8) is 0 Å². The third-order valence-electron chi connectivity index (χ3n) is 5.29. The smallest absolute Gasteiger partial charge is 0.330 e. The molecule has 4 aromatic rings. The lowest BCUT2D eigenvalue weighted by molar-refractivity contribution is 0.204. The predicted molar refractivity (Wildman–Crippen MR) is 126 cm³/mol. The van der Waals surface area contributed by atoms with Crippen molar-refractivity contribution in [3.8, 4) is 11.3 Å². The number of methoxy groups -OCH3 is 1. The highest BCUT2D eigenvalue weighted by Gasteiger charge is 2.21. The second kappa shape index (κ2) is 10.2. The van der Waals surface area contributed by atoms with Gasteiger partial charge < -0.3 is 19.8 Å². The van der Waals surface area contributed by atoms with Gasteiger partial charge in [-0.3, -0.25) is 14.3 Å². The number of aromatic amines is 1. The topological polar surface area (TPSA) is 119 Å². The molecule has 0 bridgehead atoms. The zero-order chi connectivity index (χ0) is 24.1. The van der Waals surface area contributed by atoms with E-state index in [4.69, 9.17) is 14.9 Å². The molecular formula is C24H24FN5O4. The lowest BCUT2D eigenvalue weighted by Crippen LogP contribution is -2.39. The highest BCUT2D eigenvalue weighted by Crippen LogP contribution is 2.24. The van der Waals surface area contributed by atoms with E-state index < -0.39 is 11.2 Å². The van der Waals surface area contributed by atoms with Gasteiger partial charge in [-0.1, -0.05) is 30.3 Å². The normalized spacial score (nSPS) is 11.0. The zero-order valence-corrected chi connectivity index (χ0v) is 18.5. The van der Waals surface area contributed by atoms with Gasteiger partial charge in [0.15, 0.2) is 5.76 Å². The number of oxazole rings is 1. The Bertz CT molecular complexity index is 1360. The summed E-state index contributed by atoms with van der Waals surface area (Å²) in [6.07, 6.45) is 1.53. The third-order valence-corrected chi connectivity index (χ3v) is 5.29. The van der Waals surface area contributed by atoms with Crippen LogP contribution in [0.25, 0.3) is 11.3 Å². The Balaban J connectivity index is 1.67. The molecule has 0 spiro atoms. The summed E-state index contributed by atoms with van der Waals surface area (Å²) in [6.45, 7) is 0.881. The Morgan fingerprint density at radius 2 is 1.88 bits per heavy atom. The van der Waals surface area contributed by atoms with Crippen molar-refractivity contribution in [2.24, 2.45) is 0 Å². The maximum absolute atomic E-state index is 13.2. The molecule has 176 valence electrons. The van der Waals surface area contributed by atoms with Crippen molar-refractivity contribution >= 4 is 11.5 Å². The molecule has 0 amide bonds. The van der Waals surface area contributed by atoms with Crippen LogP contribution < -0.4 is 21.9 Å². The van der Waals surface area contributed by atoms with Crippen LogP contribution in [0.5, 0.6) is 0 Å². The summed E-state index contributed by atoms with van der Waals surface area (Å²) in [6, 6.07) is 15.2. The maximum atomic E-state index is 13.2. The number of ether oxygens (including phenoxy) is 1. The molecule has 4 rings (SSSR count). The number of hydrogen-bond acceptors (Lipinski definition) is 7. The lowest BCUT2D eigenvalue weighted by atomic mass is 10.2. The molecule has 2 aromatic heterocycles. The summed E-state index contributed by atoms with van der Waals surface area (Å²) in [4.78, 5) is 33.6. The summed E-state index contributed by atoms with van der Waals surface area (Å²) >= 11 is 0. The fraction of sp³-hybridized carbons (Fsp3) is 0.208. The molecule has 0 saturated carbocycles. The van der Waals surface area contributed by atoms with Crippen molar-refractivity contribution in [1.82, 2.24) is 14.5 Å². The van der Waals surface area contributed by atoms with Crippen LogP contribution in [0.3, 0.4) is 0 Å². The number of benzene rings is 2. The van der Waals surface area contributed by atoms with Gasteiger partial charge >= 0.3 is 5.69 Å². The summed E-state index contributed by atoms with van der Waals surface area (Å²) in [5.41, 5.74) is 6.77. The molecule has 0 aliphatic heterocycles. The average Bonchev–Trinajstić information content (AvgIpc) is 3.29. The molecule has 9 nitrogen and oxygen atoms in total. The van der Waals surface area contributed by atoms with Crippen LogP contribution in [0, 0.1) is 5.82 Å². The van der Waals surface area contributed by atoms with Crippen molar-refractivity contribution in [2.75, 3.05) is 30.9 Å². The van der Waals surface area contributed by atoms with Crippen molar-refractivity contribution < 1.29 is 13.5 Å². The van der Waals surface area contributed by atoms with Crippen LogP contribution in [0.15, 0.2) is 74.8 Å². The second-order valence-electron chi connectivity index (χ2n) is 7.60. The second-order valence-corrected chi connectivity index (χ2v) is 7.60. The largest absolute Gasteiger partial charge is 0.439 e. The molecule has 0 saturated heterocycles. The van der Waals surface area contributed by atoms with E-state index in [2.05, 4.69) is 9.97 Å². The molecule has 0 aliphatic rings. The van der Waals surface area contributed by atoms with Crippen molar-refractivity contribution in [1.29, 1.82) is 0 Å². The standard InChI is InChI=1S/C24H24FN5O4/c1-33-12-11-29(15-20-27-13-19(34-20)17-7-9-18(25)10-8-17)21-22(26)30(24(32)28-23(21)31)14-16-5-3-2-4-6-16/h2-10,13H,11-12,14-15,26H2,1H3,(H,28,31,32). The van der Waals surface area contributed by atoms with Gasteiger partial charge in [0.1, 0.15) is 17.3 Å². The van der Waals surface area contributed by atoms with Crippen molar-refractivity contribution in [2.45, 2.75) is 13.1 Å². The van der Waals surface area contributed by atoms with Gasteiger partial charge in [0.05, 0.1) is 25.9 Å². The van der Waals surface area contributed by atoms with Crippen LogP contribution in [0.1, 0.15) is 11.5 Å². The molecular weight excluding hydrogens is 441 g/mol. The fourth-order valence-electron chi connectivity index (χ4n) is 3.57. The molecule has 10 heteroatoms. The number of halogens is 1. The molecule has 0 aliphatic carbocycles. The first-order chi connectivity index (χ1) is 16.5. The number of hydrogen-bond donors (Lipinski definition) is 2. The first-order valence-electron chi connectivity index (χ1n) is 10.6. The van der Waals surface area contributed by atoms with Gasteiger partial charge in [-0.25, -0.2) is 14.2 Å². The first-order valence-corrected chi connectivity index (χ1v) is 10.6. The molecule has 2 heterocycles. The summed E-state index contributed by atoms with van der Waals surface area (Å²) in [7, 11) is 1.54. The number of rotatable bonds is 9. The van der Waals surface area contributed by atoms with E-state index >= 15 is 0 Å². The van der Waals surface area contributed by atoms with Gasteiger partial charge in [0.2, 0.25) is 5.89 Å². The number of nitrogen functional groups attached to an aromatic ring is 1. The Morgan fingerprint density at radius 3 is 2.59 bits per heavy atom. The first kappa shape index (κ1) is 23.0. The van der Waals surface area contributed by atoms with Gasteiger partial charge in [-0.15, -0.1) is 0 Å². The van der Waals surface area contributed by atoms with E-state index in [-0.39, 0.29) is 30.4 Å². The zero-order valence-electron chi connectivity index (χ0n) is 18.5. The summed E-state index contributed by atoms with van der Waals surface area (Å²) in [5.74, 6) is 0.446. The van der Waals surface area contributed by atoms with E-state index in [1.165, 1.54) is 22.9 Å². The quantitative estimate of drug-likeness (QED) is 0.390. The highest BCUT2D eigenvalue weighted by molar-refractivity contribution is 5.63. The summed E-state index contributed by atoms with van der Waals surface area (Å²) < 4.78 is 25.6. The number of aromatic nitrogens is 3. The molecule has 0 unspecified atom stereocenters. The fourth-order valence-corrected chi connectivity index (χ4v) is 3.57. The van der Waals surface area contributed by atoms with E-state index in [9.17, 15) is 14.0 Å². The number of H-pyrrole nitrogens is 1. The molecule has 0 fully saturated rings. The van der Waals surface area contributed by atoms with Gasteiger partial charge in [0, 0.05) is 19.2 Å². The van der Waals surface area contributed by atoms with E-state index in [1.54, 1.807) is 24.1 Å². The Labute approximate surface area is 194 Å². The highest BCUT2D eigenvalue weighted by atomic mass is 19.1. The molecule has 2 aromatic carbocycles. The van der Waals surface area contributed by atoms with E-state index in [0.29, 0.717) is 30.4 Å². The number of nitrogens with one attached hydrogen (secondary N) is 1. The maximum Gasteiger partial charge on any atom is 0.330 e. The molecule has 3 N–H and O–H groups in total. The van der Waals surface area contributed by atoms with Gasteiger partial charge in [-0.05, 0) is 29.8 Å². The molecule has 34 heavy (non-hydrogen) atoms. The van der Waals surface area contributed by atoms with E-state index in [1.807, 2.05) is 30.3 Å². The number of anilines is 2. The number of nitrogens with zero attached hydrogens (tertiary/aromatic N) is 3. The van der Waals surface area contributed by atoms with Crippen LogP contribution in [0.4, 0.5) is 15.9 Å². The number of nitrogens with two attached hydrogens (primary N) is 1. The lowest BCUT2D eigenvalue weighted by Gasteiger charge is -2.24. The van der Waals surface area contributed by atoms with E-state index in [0.717, 1.165) is 5.56 Å². The predicted octanol–water partition coefficient (Wildman–Crippen LogP) is 2.61. The minimum atomic E-state index is -0.617. The SMILES string of the molecule is COCCN(Cc1ncc(-c2ccc(F)cc2)o1)c1c(N)n(Cc2ccccc2)c(=O)[nH]c1=O. The Hall–Kier alpha value is -4.18. The minimum absolute atomic E-state index is 0.0269. The third kappa shape index (κ3) is 5.07. The van der Waals surface area contributed by atoms with Crippen LogP contribution in [-0.2, 0) is 17.8 Å². The summed E-state index contributed by atoms with van der Waals surface area (Å²) in [5, 5.41) is 0. The Kier molecular flexibility index (Phi) is 6.88. The van der Waals surface area contributed by atoms with Crippen LogP contribution in [-0.4, -0.2) is 34.8 Å². The van der Waals surface area contributed by atoms with Gasteiger partial charge in [0.25, 0.3) is 5.56 Å². The van der Waals surface area contributed by atoms with Crippen molar-refractivity contribution in [3.05, 3.63) is 98.9 Å². The molecule has 0 atom stereocenters. The van der Waals surface area contributed by atoms with Crippen LogP contribution in [0.2, 0.25) is 0 Å². The van der Waals surface area contributed by atoms with Gasteiger partial charge in [-0.2, -0.15) is 0 Å². The Morgan fingerprint density at radius 1 is 1.15 bits per heavy atom.